The van der Waals surface area contributed by atoms with Crippen molar-refractivity contribution in [2.75, 3.05) is 74.2 Å². The molecule has 6 rings (SSSR count). The van der Waals surface area contributed by atoms with Gasteiger partial charge in [0.2, 0.25) is 0 Å². The van der Waals surface area contributed by atoms with Crippen LogP contribution >= 0.6 is 11.8 Å². The molecule has 4 heterocycles. The molecule has 1 aliphatic carbocycles. The highest BCUT2D eigenvalue weighted by atomic mass is 32.2. The zero-order valence-corrected chi connectivity index (χ0v) is 25.7. The molecule has 2 aromatic rings. The average molecular weight is 620 g/mol. The van der Waals surface area contributed by atoms with E-state index < -0.39 is 21.2 Å². The Morgan fingerprint density at radius 3 is 2.78 bits per heavy atom. The molecule has 1 saturated heterocycles. The summed E-state index contributed by atoms with van der Waals surface area (Å²) in [6.07, 6.45) is 4.24. The molecule has 2 atom stereocenters. The molecule has 13 heteroatoms. The Kier molecular flexibility index (Phi) is 8.99. The Labute approximate surface area is 249 Å². The number of aliphatic imine (C=N–C) groups is 1. The smallest absolute Gasteiger partial charge is 0.281 e. The minimum absolute atomic E-state index is 0.0258. The fourth-order valence-corrected chi connectivity index (χ4v) is 9.29. The van der Waals surface area contributed by atoms with Crippen molar-refractivity contribution in [3.63, 3.8) is 0 Å². The second-order valence-electron chi connectivity index (χ2n) is 10.9. The van der Waals surface area contributed by atoms with E-state index in [-0.39, 0.29) is 11.1 Å². The van der Waals surface area contributed by atoms with Gasteiger partial charge in [-0.15, -0.1) is 11.8 Å². The second kappa shape index (κ2) is 12.7. The minimum atomic E-state index is -3.90. The molecule has 1 aromatic heterocycles. The lowest BCUT2D eigenvalue weighted by Gasteiger charge is -2.29. The minimum Gasteiger partial charge on any atom is -0.616 e. The number of methoxy groups -OCH3 is 1. The van der Waals surface area contributed by atoms with E-state index in [9.17, 15) is 13.0 Å². The number of ether oxygens (including phenoxy) is 2. The monoisotopic (exact) mass is 619 g/mol. The Balaban J connectivity index is 1.25. The standard InChI is InChI=1S/C28H37N5O5S3/c1-37-10-11-38-22-14-21-15-24(28-30-17-23(39-28)19-32-8-12-40(34)13-9-32)31-27(21)25(16-22)33(18-20-5-6-20)41(35,36)26-4-2-3-7-29-26/h2-4,7,14,16,20,23-24,31H,5-6,8-13,15,17-19H2,1H3. The third-order valence-corrected chi connectivity index (χ3v) is 12.1. The molecule has 0 radical (unpaired) electrons. The first-order valence-corrected chi connectivity index (χ1v) is 18.0. The van der Waals surface area contributed by atoms with E-state index in [4.69, 9.17) is 14.5 Å². The molecule has 0 bridgehead atoms. The molecule has 1 N–H and O–H groups in total. The van der Waals surface area contributed by atoms with Crippen LogP contribution in [0.25, 0.3) is 0 Å². The van der Waals surface area contributed by atoms with Crippen molar-refractivity contribution in [1.29, 1.82) is 0 Å². The Hall–Kier alpha value is -2.03. The summed E-state index contributed by atoms with van der Waals surface area (Å²) in [7, 11) is -2.27. The van der Waals surface area contributed by atoms with Gasteiger partial charge in [0.15, 0.2) is 5.03 Å². The third kappa shape index (κ3) is 6.80. The first kappa shape index (κ1) is 29.1. The van der Waals surface area contributed by atoms with Crippen LogP contribution in [0.2, 0.25) is 0 Å². The van der Waals surface area contributed by atoms with Crippen molar-refractivity contribution in [1.82, 2.24) is 9.88 Å². The number of aromatic nitrogens is 1. The maximum atomic E-state index is 14.0. The van der Waals surface area contributed by atoms with Gasteiger partial charge in [0, 0.05) is 57.2 Å². The highest BCUT2D eigenvalue weighted by Crippen LogP contribution is 2.44. The number of nitrogens with zero attached hydrogens (tertiary/aromatic N) is 4. The molecule has 2 unspecified atom stereocenters. The van der Waals surface area contributed by atoms with Crippen LogP contribution in [-0.2, 0) is 32.4 Å². The van der Waals surface area contributed by atoms with E-state index in [1.54, 1.807) is 25.3 Å². The van der Waals surface area contributed by atoms with Gasteiger partial charge < -0.3 is 19.3 Å². The van der Waals surface area contributed by atoms with Crippen molar-refractivity contribution in [2.24, 2.45) is 10.9 Å². The van der Waals surface area contributed by atoms with Crippen LogP contribution in [0.1, 0.15) is 18.4 Å². The number of sulfonamides is 1. The van der Waals surface area contributed by atoms with Crippen molar-refractivity contribution in [3.8, 4) is 5.75 Å². The predicted octanol–water partition coefficient (Wildman–Crippen LogP) is 2.63. The van der Waals surface area contributed by atoms with Crippen LogP contribution < -0.4 is 14.4 Å². The molecule has 10 nitrogen and oxygen atoms in total. The third-order valence-electron chi connectivity index (χ3n) is 7.82. The van der Waals surface area contributed by atoms with Crippen LogP contribution in [0.5, 0.6) is 5.75 Å². The van der Waals surface area contributed by atoms with Gasteiger partial charge in [0.05, 0.1) is 35.6 Å². The van der Waals surface area contributed by atoms with E-state index >= 15 is 0 Å². The van der Waals surface area contributed by atoms with Gasteiger partial charge in [-0.2, -0.15) is 8.42 Å². The summed E-state index contributed by atoms with van der Waals surface area (Å²) < 4.78 is 52.4. The average Bonchev–Trinajstić information content (AvgIpc) is 3.51. The van der Waals surface area contributed by atoms with Crippen molar-refractivity contribution in [3.05, 3.63) is 42.1 Å². The summed E-state index contributed by atoms with van der Waals surface area (Å²) in [4.78, 5) is 11.5. The number of hydrogen-bond acceptors (Lipinski definition) is 10. The summed E-state index contributed by atoms with van der Waals surface area (Å²) in [5.74, 6) is 2.45. The van der Waals surface area contributed by atoms with Crippen molar-refractivity contribution >= 4 is 49.4 Å². The molecule has 4 aliphatic rings. The Bertz CT molecular complexity index is 1350. The molecule has 0 spiro atoms. The van der Waals surface area contributed by atoms with Crippen LogP contribution in [0, 0.1) is 5.92 Å². The van der Waals surface area contributed by atoms with Crippen LogP contribution in [0.4, 0.5) is 11.4 Å². The normalized spacial score (nSPS) is 23.2. The number of pyridine rings is 1. The number of thioether (sulfide) groups is 1. The van der Waals surface area contributed by atoms with E-state index in [1.165, 1.54) is 10.5 Å². The molecular formula is C28H37N5O5S3. The van der Waals surface area contributed by atoms with Crippen LogP contribution in [-0.4, -0.2) is 104 Å². The lowest BCUT2D eigenvalue weighted by Crippen LogP contribution is -2.43. The van der Waals surface area contributed by atoms with Crippen molar-refractivity contribution in [2.45, 2.75) is 35.6 Å². The highest BCUT2D eigenvalue weighted by molar-refractivity contribution is 8.15. The lowest BCUT2D eigenvalue weighted by molar-refractivity contribution is 0.146. The molecule has 41 heavy (non-hydrogen) atoms. The first-order valence-electron chi connectivity index (χ1n) is 14.2. The topological polar surface area (TPSA) is 119 Å². The Morgan fingerprint density at radius 1 is 1.22 bits per heavy atom. The Morgan fingerprint density at radius 2 is 2.05 bits per heavy atom. The van der Waals surface area contributed by atoms with Gasteiger partial charge in [-0.25, -0.2) is 4.98 Å². The molecule has 2 fully saturated rings. The molecule has 222 valence electrons. The summed E-state index contributed by atoms with van der Waals surface area (Å²) in [5, 5.41) is 5.11. The number of rotatable bonds is 12. The summed E-state index contributed by atoms with van der Waals surface area (Å²) >= 11 is 1.13. The summed E-state index contributed by atoms with van der Waals surface area (Å²) in [5.41, 5.74) is 2.43. The predicted molar refractivity (Wildman–Crippen MR) is 164 cm³/mol. The quantitative estimate of drug-likeness (QED) is 0.283. The van der Waals surface area contributed by atoms with Gasteiger partial charge in [-0.3, -0.25) is 14.2 Å². The molecule has 3 aliphatic heterocycles. The zero-order valence-electron chi connectivity index (χ0n) is 23.2. The fourth-order valence-electron chi connectivity index (χ4n) is 5.45. The van der Waals surface area contributed by atoms with E-state index in [2.05, 4.69) is 15.2 Å². The number of fused-ring (bicyclic) bond motifs is 1. The SMILES string of the molecule is COCCOc1cc2c(c(N(CC3CC3)S(=O)(=O)c3ccccn3)c1)NC(C1=NCC(CN3CC[S+]([O-])CC3)S1)C2. The van der Waals surface area contributed by atoms with E-state index in [1.807, 2.05) is 23.9 Å². The van der Waals surface area contributed by atoms with Crippen LogP contribution in [0.15, 0.2) is 46.5 Å². The fraction of sp³-hybridized carbons (Fsp3) is 0.571. The van der Waals surface area contributed by atoms with Crippen molar-refractivity contribution < 1.29 is 22.4 Å². The second-order valence-corrected chi connectivity index (χ2v) is 15.8. The van der Waals surface area contributed by atoms with Gasteiger partial charge in [-0.05, 0) is 42.5 Å². The molecular weight excluding hydrogens is 583 g/mol. The lowest BCUT2D eigenvalue weighted by atomic mass is 10.1. The number of benzene rings is 1. The first-order chi connectivity index (χ1) is 19.9. The summed E-state index contributed by atoms with van der Waals surface area (Å²) in [6, 6.07) is 8.79. The van der Waals surface area contributed by atoms with E-state index in [0.717, 1.165) is 66.8 Å². The van der Waals surface area contributed by atoms with E-state index in [0.29, 0.717) is 48.8 Å². The largest absolute Gasteiger partial charge is 0.616 e. The maximum Gasteiger partial charge on any atom is 0.281 e. The highest BCUT2D eigenvalue weighted by Gasteiger charge is 2.38. The zero-order chi connectivity index (χ0) is 28.4. The number of nitrogens with one attached hydrogen (secondary N) is 1. The molecule has 0 amide bonds. The maximum absolute atomic E-state index is 14.0. The van der Waals surface area contributed by atoms with Gasteiger partial charge in [-0.1, -0.05) is 17.2 Å². The molecule has 1 saturated carbocycles. The summed E-state index contributed by atoms with van der Waals surface area (Å²) in [6.45, 7) is 4.66. The van der Waals surface area contributed by atoms with Gasteiger partial charge in [0.1, 0.15) is 23.9 Å². The van der Waals surface area contributed by atoms with Gasteiger partial charge >= 0.3 is 0 Å². The number of hydrogen-bond donors (Lipinski definition) is 1. The van der Waals surface area contributed by atoms with Crippen LogP contribution in [0.3, 0.4) is 0 Å². The van der Waals surface area contributed by atoms with Gasteiger partial charge in [0.25, 0.3) is 10.0 Å². The molecule has 1 aromatic carbocycles. The number of anilines is 2.